The average Bonchev–Trinajstić information content (AvgIpc) is 2.97. The third kappa shape index (κ3) is 4.09. The summed E-state index contributed by atoms with van der Waals surface area (Å²) in [6.07, 6.45) is 1.46. The number of hydrogen-bond acceptors (Lipinski definition) is 5. The number of hydrazone groups is 1. The van der Waals surface area contributed by atoms with Crippen molar-refractivity contribution < 1.29 is 14.7 Å². The largest absolute Gasteiger partial charge is 0.478 e. The molecule has 2 aromatic carbocycles. The van der Waals surface area contributed by atoms with Crippen LogP contribution in [0.4, 0.5) is 0 Å². The highest BCUT2D eigenvalue weighted by molar-refractivity contribution is 7.99. The predicted octanol–water partition coefficient (Wildman–Crippen LogP) is 2.51. The number of fused-ring (bicyclic) bond motifs is 1. The Kier molecular flexibility index (Phi) is 5.33. The van der Waals surface area contributed by atoms with Crippen LogP contribution in [-0.2, 0) is 11.8 Å². The van der Waals surface area contributed by atoms with Gasteiger partial charge in [-0.3, -0.25) is 4.79 Å². The van der Waals surface area contributed by atoms with Gasteiger partial charge in [-0.05, 0) is 29.8 Å². The van der Waals surface area contributed by atoms with Crippen molar-refractivity contribution in [1.82, 2.24) is 15.0 Å². The second-order valence-electron chi connectivity index (χ2n) is 5.45. The van der Waals surface area contributed by atoms with Crippen molar-refractivity contribution in [3.8, 4) is 0 Å². The third-order valence-electron chi connectivity index (χ3n) is 3.64. The first-order valence-corrected chi connectivity index (χ1v) is 8.72. The molecule has 0 saturated carbocycles. The zero-order valence-electron chi connectivity index (χ0n) is 13.9. The highest BCUT2D eigenvalue weighted by Gasteiger charge is 2.09. The van der Waals surface area contributed by atoms with Crippen LogP contribution in [0.15, 0.2) is 58.8 Å². The van der Waals surface area contributed by atoms with Crippen molar-refractivity contribution in [2.24, 2.45) is 12.1 Å². The van der Waals surface area contributed by atoms with Gasteiger partial charge in [-0.1, -0.05) is 36.0 Å². The number of rotatable bonds is 6. The van der Waals surface area contributed by atoms with E-state index in [1.54, 1.807) is 12.1 Å². The highest BCUT2D eigenvalue weighted by atomic mass is 32.2. The van der Waals surface area contributed by atoms with Crippen molar-refractivity contribution in [2.45, 2.75) is 5.16 Å². The Morgan fingerprint density at radius 1 is 1.23 bits per heavy atom. The first-order chi connectivity index (χ1) is 12.5. The van der Waals surface area contributed by atoms with Gasteiger partial charge in [-0.25, -0.2) is 15.2 Å². The molecule has 0 atom stereocenters. The summed E-state index contributed by atoms with van der Waals surface area (Å²) in [6, 6.07) is 14.0. The molecule has 0 aliphatic rings. The van der Waals surface area contributed by atoms with E-state index in [9.17, 15) is 9.59 Å². The lowest BCUT2D eigenvalue weighted by Gasteiger charge is -2.01. The van der Waals surface area contributed by atoms with E-state index in [1.165, 1.54) is 30.1 Å². The summed E-state index contributed by atoms with van der Waals surface area (Å²) >= 11 is 1.33. The van der Waals surface area contributed by atoms with E-state index >= 15 is 0 Å². The molecule has 26 heavy (non-hydrogen) atoms. The molecule has 3 aromatic rings. The molecule has 0 bridgehead atoms. The van der Waals surface area contributed by atoms with Crippen LogP contribution < -0.4 is 5.43 Å². The number of benzene rings is 2. The van der Waals surface area contributed by atoms with E-state index < -0.39 is 5.97 Å². The molecule has 7 nitrogen and oxygen atoms in total. The third-order valence-corrected chi connectivity index (χ3v) is 4.67. The molecule has 0 aliphatic heterocycles. The summed E-state index contributed by atoms with van der Waals surface area (Å²) in [6.45, 7) is 0. The fourth-order valence-electron chi connectivity index (χ4n) is 2.31. The number of aryl methyl sites for hydroxylation is 1. The Morgan fingerprint density at radius 2 is 1.96 bits per heavy atom. The van der Waals surface area contributed by atoms with Crippen LogP contribution in [0.1, 0.15) is 15.9 Å². The van der Waals surface area contributed by atoms with Gasteiger partial charge in [0, 0.05) is 7.05 Å². The Morgan fingerprint density at radius 3 is 2.65 bits per heavy atom. The minimum absolute atomic E-state index is 0.187. The monoisotopic (exact) mass is 368 g/mol. The van der Waals surface area contributed by atoms with E-state index in [0.29, 0.717) is 5.56 Å². The molecule has 132 valence electrons. The van der Waals surface area contributed by atoms with Gasteiger partial charge >= 0.3 is 5.97 Å². The number of aromatic carboxylic acids is 1. The normalized spacial score (nSPS) is 11.1. The molecular weight excluding hydrogens is 352 g/mol. The molecule has 0 radical (unpaired) electrons. The Balaban J connectivity index is 1.53. The van der Waals surface area contributed by atoms with Crippen LogP contribution in [-0.4, -0.2) is 38.5 Å². The van der Waals surface area contributed by atoms with Crippen LogP contribution in [0.25, 0.3) is 11.0 Å². The van der Waals surface area contributed by atoms with E-state index in [2.05, 4.69) is 15.5 Å². The zero-order chi connectivity index (χ0) is 18.5. The van der Waals surface area contributed by atoms with Crippen molar-refractivity contribution in [1.29, 1.82) is 0 Å². The van der Waals surface area contributed by atoms with Crippen molar-refractivity contribution in [3.05, 3.63) is 59.7 Å². The summed E-state index contributed by atoms with van der Waals surface area (Å²) < 4.78 is 1.94. The van der Waals surface area contributed by atoms with E-state index in [0.717, 1.165) is 16.2 Å². The lowest BCUT2D eigenvalue weighted by Crippen LogP contribution is -2.19. The van der Waals surface area contributed by atoms with Gasteiger partial charge in [0.25, 0.3) is 5.91 Å². The molecule has 3 rings (SSSR count). The molecule has 2 N–H and O–H groups in total. The molecular formula is C18H16N4O3S. The number of thioether (sulfide) groups is 1. The smallest absolute Gasteiger partial charge is 0.335 e. The molecule has 1 aromatic heterocycles. The van der Waals surface area contributed by atoms with Crippen LogP contribution >= 0.6 is 11.8 Å². The molecule has 0 saturated heterocycles. The van der Waals surface area contributed by atoms with Crippen LogP contribution in [0.5, 0.6) is 0 Å². The first-order valence-electron chi connectivity index (χ1n) is 7.74. The van der Waals surface area contributed by atoms with E-state index in [-0.39, 0.29) is 17.2 Å². The minimum atomic E-state index is -0.985. The average molecular weight is 368 g/mol. The Bertz CT molecular complexity index is 980. The number of carbonyl (C=O) groups excluding carboxylic acids is 1. The number of hydrogen-bond donors (Lipinski definition) is 2. The maximum atomic E-state index is 11.9. The maximum Gasteiger partial charge on any atom is 0.335 e. The van der Waals surface area contributed by atoms with Crippen molar-refractivity contribution in [3.63, 3.8) is 0 Å². The molecule has 1 heterocycles. The number of amides is 1. The number of imidazole rings is 1. The topological polar surface area (TPSA) is 96.6 Å². The second-order valence-corrected chi connectivity index (χ2v) is 6.39. The molecule has 8 heteroatoms. The molecule has 0 unspecified atom stereocenters. The van der Waals surface area contributed by atoms with Crippen molar-refractivity contribution >= 4 is 40.9 Å². The number of para-hydroxylation sites is 2. The standard InChI is InChI=1S/C18H16N4O3S/c1-22-15-5-3-2-4-14(15)20-18(22)26-11-16(23)21-19-10-12-6-8-13(9-7-12)17(24)25/h2-10H,11H2,1H3,(H,21,23)(H,24,25)/b19-10-. The number of aromatic nitrogens is 2. The number of carboxylic acid groups (broad SMARTS) is 1. The molecule has 0 aliphatic carbocycles. The van der Waals surface area contributed by atoms with Gasteiger partial charge in [0.05, 0.1) is 28.6 Å². The quantitative estimate of drug-likeness (QED) is 0.396. The Hall–Kier alpha value is -3.13. The molecule has 0 spiro atoms. The predicted molar refractivity (Wildman–Crippen MR) is 101 cm³/mol. The van der Waals surface area contributed by atoms with Crippen LogP contribution in [0.2, 0.25) is 0 Å². The lowest BCUT2D eigenvalue weighted by molar-refractivity contribution is -0.118. The summed E-state index contributed by atoms with van der Waals surface area (Å²) in [5.41, 5.74) is 5.24. The fraction of sp³-hybridized carbons (Fsp3) is 0.111. The van der Waals surface area contributed by atoms with Gasteiger partial charge in [0.1, 0.15) is 0 Å². The van der Waals surface area contributed by atoms with Crippen molar-refractivity contribution in [2.75, 3.05) is 5.75 Å². The number of nitrogens with zero attached hydrogens (tertiary/aromatic N) is 3. The zero-order valence-corrected chi connectivity index (χ0v) is 14.7. The fourth-order valence-corrected chi connectivity index (χ4v) is 3.09. The van der Waals surface area contributed by atoms with E-state index in [4.69, 9.17) is 5.11 Å². The van der Waals surface area contributed by atoms with Gasteiger partial charge in [0.15, 0.2) is 5.16 Å². The lowest BCUT2D eigenvalue weighted by atomic mass is 10.1. The van der Waals surface area contributed by atoms with Crippen LogP contribution in [0, 0.1) is 0 Å². The van der Waals surface area contributed by atoms with Gasteiger partial charge in [-0.2, -0.15) is 5.10 Å². The van der Waals surface area contributed by atoms with Gasteiger partial charge in [-0.15, -0.1) is 0 Å². The number of carboxylic acids is 1. The summed E-state index contributed by atoms with van der Waals surface area (Å²) in [5, 5.41) is 13.5. The summed E-state index contributed by atoms with van der Waals surface area (Å²) in [7, 11) is 1.91. The van der Waals surface area contributed by atoms with E-state index in [1.807, 2.05) is 35.9 Å². The first kappa shape index (κ1) is 17.7. The SMILES string of the molecule is Cn1c(SCC(=O)N/N=C\c2ccc(C(=O)O)cc2)nc2ccccc21. The highest BCUT2D eigenvalue weighted by Crippen LogP contribution is 2.22. The maximum absolute atomic E-state index is 11.9. The second kappa shape index (κ2) is 7.83. The molecule has 1 amide bonds. The van der Waals surface area contributed by atoms with Crippen LogP contribution in [0.3, 0.4) is 0 Å². The molecule has 0 fully saturated rings. The van der Waals surface area contributed by atoms with Gasteiger partial charge in [0.2, 0.25) is 0 Å². The number of carbonyl (C=O) groups is 2. The van der Waals surface area contributed by atoms with Gasteiger partial charge < -0.3 is 9.67 Å². The summed E-state index contributed by atoms with van der Waals surface area (Å²) in [4.78, 5) is 27.2. The minimum Gasteiger partial charge on any atom is -0.478 e. The number of nitrogens with one attached hydrogen (secondary N) is 1. The Labute approximate surface area is 153 Å². The summed E-state index contributed by atoms with van der Waals surface area (Å²) in [5.74, 6) is -1.05.